The van der Waals surface area contributed by atoms with E-state index in [0.717, 1.165) is 0 Å². The SMILES string of the molecule is COc1cc(COC(=O)c2ccccc2SCc2nc(C)no2)ccc1OC(F)F. The number of rotatable bonds is 9. The van der Waals surface area contributed by atoms with Crippen LogP contribution in [-0.4, -0.2) is 29.8 Å². The Hall–Kier alpha value is -3.14. The summed E-state index contributed by atoms with van der Waals surface area (Å²) >= 11 is 1.37. The van der Waals surface area contributed by atoms with E-state index < -0.39 is 12.6 Å². The highest BCUT2D eigenvalue weighted by atomic mass is 32.2. The van der Waals surface area contributed by atoms with Crippen molar-refractivity contribution in [2.45, 2.75) is 30.8 Å². The molecule has 0 atom stereocenters. The van der Waals surface area contributed by atoms with E-state index in [9.17, 15) is 13.6 Å². The zero-order valence-corrected chi connectivity index (χ0v) is 16.9. The first-order valence-corrected chi connectivity index (χ1v) is 9.74. The van der Waals surface area contributed by atoms with Crippen molar-refractivity contribution in [3.8, 4) is 11.5 Å². The third-order valence-electron chi connectivity index (χ3n) is 3.84. The van der Waals surface area contributed by atoms with Gasteiger partial charge in [0.25, 0.3) is 0 Å². The molecule has 2 aromatic carbocycles. The molecule has 7 nitrogen and oxygen atoms in total. The summed E-state index contributed by atoms with van der Waals surface area (Å²) in [4.78, 5) is 17.4. The van der Waals surface area contributed by atoms with Gasteiger partial charge in [0.2, 0.25) is 5.89 Å². The van der Waals surface area contributed by atoms with Gasteiger partial charge in [0, 0.05) is 4.90 Å². The molecule has 0 amide bonds. The molecule has 0 aliphatic rings. The molecule has 0 saturated heterocycles. The second-order valence-corrected chi connectivity index (χ2v) is 6.98. The minimum absolute atomic E-state index is 0.0635. The van der Waals surface area contributed by atoms with Gasteiger partial charge < -0.3 is 18.7 Å². The number of benzene rings is 2. The van der Waals surface area contributed by atoms with Crippen LogP contribution < -0.4 is 9.47 Å². The number of alkyl halides is 2. The number of carbonyl (C=O) groups is 1. The molecule has 3 rings (SSSR count). The number of hydrogen-bond acceptors (Lipinski definition) is 8. The lowest BCUT2D eigenvalue weighted by molar-refractivity contribution is -0.0512. The third-order valence-corrected chi connectivity index (χ3v) is 4.90. The summed E-state index contributed by atoms with van der Waals surface area (Å²) in [6, 6.07) is 11.3. The summed E-state index contributed by atoms with van der Waals surface area (Å²) < 4.78 is 44.7. The largest absolute Gasteiger partial charge is 0.493 e. The molecule has 0 unspecified atom stereocenters. The lowest BCUT2D eigenvalue weighted by Crippen LogP contribution is -2.07. The molecule has 1 heterocycles. The van der Waals surface area contributed by atoms with Crippen LogP contribution in [0.25, 0.3) is 0 Å². The first-order chi connectivity index (χ1) is 14.5. The molecule has 10 heteroatoms. The molecule has 0 fully saturated rings. The normalized spacial score (nSPS) is 10.8. The summed E-state index contributed by atoms with van der Waals surface area (Å²) in [5.41, 5.74) is 0.955. The van der Waals surface area contributed by atoms with E-state index in [1.54, 1.807) is 25.1 Å². The number of aryl methyl sites for hydroxylation is 1. The fourth-order valence-electron chi connectivity index (χ4n) is 2.52. The van der Waals surface area contributed by atoms with Crippen molar-refractivity contribution in [2.24, 2.45) is 0 Å². The molecular formula is C20H18F2N2O5S. The highest BCUT2D eigenvalue weighted by Gasteiger charge is 2.16. The summed E-state index contributed by atoms with van der Waals surface area (Å²) in [5, 5.41) is 3.73. The molecule has 30 heavy (non-hydrogen) atoms. The highest BCUT2D eigenvalue weighted by molar-refractivity contribution is 7.98. The Morgan fingerprint density at radius 2 is 2.00 bits per heavy atom. The summed E-state index contributed by atoms with van der Waals surface area (Å²) in [5.74, 6) is 0.910. The van der Waals surface area contributed by atoms with Gasteiger partial charge in [-0.2, -0.15) is 13.8 Å². The highest BCUT2D eigenvalue weighted by Crippen LogP contribution is 2.30. The van der Waals surface area contributed by atoms with Gasteiger partial charge in [-0.3, -0.25) is 0 Å². The minimum atomic E-state index is -2.97. The molecular weight excluding hydrogens is 418 g/mol. The van der Waals surface area contributed by atoms with E-state index in [-0.39, 0.29) is 18.1 Å². The molecule has 0 radical (unpaired) electrons. The number of methoxy groups -OCH3 is 1. The van der Waals surface area contributed by atoms with Gasteiger partial charge in [0.15, 0.2) is 17.3 Å². The third kappa shape index (κ3) is 5.69. The molecule has 0 spiro atoms. The average Bonchev–Trinajstić information content (AvgIpc) is 3.16. The number of thioether (sulfide) groups is 1. The van der Waals surface area contributed by atoms with Gasteiger partial charge in [0.1, 0.15) is 6.61 Å². The topological polar surface area (TPSA) is 83.7 Å². The Kier molecular flexibility index (Phi) is 7.23. The van der Waals surface area contributed by atoms with Crippen molar-refractivity contribution >= 4 is 17.7 Å². The quantitative estimate of drug-likeness (QED) is 0.354. The van der Waals surface area contributed by atoms with Gasteiger partial charge in [0.05, 0.1) is 18.4 Å². The molecule has 0 bridgehead atoms. The number of halogens is 2. The van der Waals surface area contributed by atoms with Crippen molar-refractivity contribution < 1.29 is 32.3 Å². The Balaban J connectivity index is 1.65. The zero-order chi connectivity index (χ0) is 21.5. The average molecular weight is 436 g/mol. The van der Waals surface area contributed by atoms with Crippen LogP contribution >= 0.6 is 11.8 Å². The van der Waals surface area contributed by atoms with Crippen LogP contribution in [0.2, 0.25) is 0 Å². The maximum absolute atomic E-state index is 12.6. The van der Waals surface area contributed by atoms with Crippen molar-refractivity contribution in [2.75, 3.05) is 7.11 Å². The van der Waals surface area contributed by atoms with E-state index in [0.29, 0.717) is 33.5 Å². The van der Waals surface area contributed by atoms with E-state index in [1.165, 1.54) is 37.1 Å². The predicted octanol–water partition coefficient (Wildman–Crippen LogP) is 4.64. The molecule has 1 aromatic heterocycles. The second kappa shape index (κ2) is 10.1. The summed E-state index contributed by atoms with van der Waals surface area (Å²) in [6.07, 6.45) is 0. The number of nitrogens with zero attached hydrogens (tertiary/aromatic N) is 2. The molecule has 0 N–H and O–H groups in total. The number of ether oxygens (including phenoxy) is 3. The van der Waals surface area contributed by atoms with Crippen LogP contribution in [0.3, 0.4) is 0 Å². The van der Waals surface area contributed by atoms with Gasteiger partial charge in [-0.1, -0.05) is 23.4 Å². The Morgan fingerprint density at radius 1 is 1.20 bits per heavy atom. The Bertz CT molecular complexity index is 1010. The van der Waals surface area contributed by atoms with Gasteiger partial charge >= 0.3 is 12.6 Å². The first-order valence-electron chi connectivity index (χ1n) is 8.76. The standard InChI is InChI=1S/C20H18F2N2O5S/c1-12-23-18(29-24-12)11-30-17-6-4-3-5-14(17)19(25)27-10-13-7-8-15(28-20(21)22)16(9-13)26-2/h3-9,20H,10-11H2,1-2H3. The number of carbonyl (C=O) groups excluding carboxylic acids is 1. The van der Waals surface area contributed by atoms with Crippen molar-refractivity contribution in [3.05, 3.63) is 65.3 Å². The van der Waals surface area contributed by atoms with E-state index in [1.807, 2.05) is 6.07 Å². The predicted molar refractivity (Wildman–Crippen MR) is 104 cm³/mol. The van der Waals surface area contributed by atoms with Crippen LogP contribution in [-0.2, 0) is 17.1 Å². The zero-order valence-electron chi connectivity index (χ0n) is 16.1. The minimum Gasteiger partial charge on any atom is -0.493 e. The first kappa shape index (κ1) is 21.6. The Labute approximate surface area is 175 Å². The number of esters is 1. The van der Waals surface area contributed by atoms with E-state index >= 15 is 0 Å². The summed E-state index contributed by atoms with van der Waals surface area (Å²) in [7, 11) is 1.34. The second-order valence-electron chi connectivity index (χ2n) is 5.96. The molecule has 0 saturated carbocycles. The molecule has 3 aromatic rings. The van der Waals surface area contributed by atoms with Crippen LogP contribution in [0.15, 0.2) is 51.9 Å². The van der Waals surface area contributed by atoms with Crippen molar-refractivity contribution in [3.63, 3.8) is 0 Å². The monoisotopic (exact) mass is 436 g/mol. The lowest BCUT2D eigenvalue weighted by atomic mass is 10.2. The molecule has 0 aliphatic heterocycles. The fraction of sp³-hybridized carbons (Fsp3) is 0.250. The van der Waals surface area contributed by atoms with E-state index in [4.69, 9.17) is 14.0 Å². The van der Waals surface area contributed by atoms with Crippen LogP contribution in [0.4, 0.5) is 8.78 Å². The van der Waals surface area contributed by atoms with Crippen molar-refractivity contribution in [1.29, 1.82) is 0 Å². The Morgan fingerprint density at radius 3 is 2.70 bits per heavy atom. The fourth-order valence-corrected chi connectivity index (χ4v) is 3.40. The molecule has 158 valence electrons. The van der Waals surface area contributed by atoms with E-state index in [2.05, 4.69) is 14.9 Å². The number of hydrogen-bond donors (Lipinski definition) is 0. The van der Waals surface area contributed by atoms with Crippen LogP contribution in [0.1, 0.15) is 27.6 Å². The van der Waals surface area contributed by atoms with Crippen LogP contribution in [0.5, 0.6) is 11.5 Å². The van der Waals surface area contributed by atoms with Crippen LogP contribution in [0, 0.1) is 6.92 Å². The van der Waals surface area contributed by atoms with Gasteiger partial charge in [-0.15, -0.1) is 11.8 Å². The van der Waals surface area contributed by atoms with Gasteiger partial charge in [-0.05, 0) is 36.8 Å². The maximum atomic E-state index is 12.6. The lowest BCUT2D eigenvalue weighted by Gasteiger charge is -2.12. The smallest absolute Gasteiger partial charge is 0.387 e. The van der Waals surface area contributed by atoms with Gasteiger partial charge in [-0.25, -0.2) is 4.79 Å². The van der Waals surface area contributed by atoms with Crippen molar-refractivity contribution in [1.82, 2.24) is 10.1 Å². The molecule has 0 aliphatic carbocycles. The number of aromatic nitrogens is 2. The summed E-state index contributed by atoms with van der Waals surface area (Å²) in [6.45, 7) is -1.30. The maximum Gasteiger partial charge on any atom is 0.387 e.